The van der Waals surface area contributed by atoms with E-state index in [9.17, 15) is 9.59 Å². The summed E-state index contributed by atoms with van der Waals surface area (Å²) in [5, 5.41) is 3.25. The molecule has 0 saturated carbocycles. The van der Waals surface area contributed by atoms with Crippen LogP contribution in [0, 0.1) is 5.92 Å². The number of rotatable bonds is 5. The van der Waals surface area contributed by atoms with Crippen LogP contribution < -0.4 is 10.1 Å². The lowest BCUT2D eigenvalue weighted by atomic mass is 9.95. The number of carbonyl (C=O) groups is 2. The average molecular weight is 383 g/mol. The Hall–Kier alpha value is -1.85. The highest BCUT2D eigenvalue weighted by Crippen LogP contribution is 2.33. The second-order valence-electron chi connectivity index (χ2n) is 6.17. The summed E-state index contributed by atoms with van der Waals surface area (Å²) in [7, 11) is 0. The molecular weight excluding hydrogens is 363 g/mol. The van der Waals surface area contributed by atoms with E-state index in [1.807, 2.05) is 26.8 Å². The van der Waals surface area contributed by atoms with Gasteiger partial charge in [-0.15, -0.1) is 0 Å². The van der Waals surface area contributed by atoms with Crippen LogP contribution in [0.25, 0.3) is 0 Å². The fraction of sp³-hybridized carbons (Fsp3) is 0.389. The van der Waals surface area contributed by atoms with Gasteiger partial charge in [0.1, 0.15) is 5.75 Å². The third-order valence-corrected chi connectivity index (χ3v) is 4.26. The van der Waals surface area contributed by atoms with E-state index in [2.05, 4.69) is 10.3 Å². The van der Waals surface area contributed by atoms with Crippen molar-refractivity contribution in [3.8, 4) is 5.75 Å². The van der Waals surface area contributed by atoms with E-state index in [0.717, 1.165) is 5.57 Å². The van der Waals surface area contributed by atoms with Gasteiger partial charge in [0.15, 0.2) is 0 Å². The van der Waals surface area contributed by atoms with Gasteiger partial charge in [0.2, 0.25) is 0 Å². The highest BCUT2D eigenvalue weighted by atomic mass is 35.5. The van der Waals surface area contributed by atoms with E-state index in [0.29, 0.717) is 16.5 Å². The largest absolute Gasteiger partial charge is 0.489 e. The van der Waals surface area contributed by atoms with Crippen molar-refractivity contribution in [2.24, 2.45) is 10.9 Å². The standard InChI is InChI=1S/C18H20Cl2N2O3/c1-9(2)25-15-7-12(19)6-13(16(15)20)17(23)21-8-14-10(3)5-11(4)22-18(14)24/h5-7,9,14H,8H2,1-4H3,(H,21,23). The number of hydrogen-bond acceptors (Lipinski definition) is 3. The minimum absolute atomic E-state index is 0.111. The van der Waals surface area contributed by atoms with Crippen molar-refractivity contribution in [2.45, 2.75) is 33.8 Å². The lowest BCUT2D eigenvalue weighted by Gasteiger charge is -2.19. The molecule has 0 aromatic heterocycles. The molecular formula is C18H20Cl2N2O3. The van der Waals surface area contributed by atoms with Gasteiger partial charge in [-0.1, -0.05) is 28.8 Å². The van der Waals surface area contributed by atoms with Crippen LogP contribution in [0.2, 0.25) is 10.0 Å². The number of hydrogen-bond donors (Lipinski definition) is 1. The molecule has 1 atom stereocenters. The van der Waals surface area contributed by atoms with Crippen molar-refractivity contribution in [3.05, 3.63) is 39.4 Å². The molecule has 0 saturated heterocycles. The van der Waals surface area contributed by atoms with Crippen molar-refractivity contribution >= 4 is 40.7 Å². The quantitative estimate of drug-likeness (QED) is 0.833. The summed E-state index contributed by atoms with van der Waals surface area (Å²) in [6, 6.07) is 3.04. The van der Waals surface area contributed by atoms with Crippen LogP contribution in [0.1, 0.15) is 38.1 Å². The molecule has 2 rings (SSSR count). The zero-order valence-corrected chi connectivity index (χ0v) is 16.0. The van der Waals surface area contributed by atoms with Crippen LogP contribution in [-0.4, -0.2) is 30.2 Å². The Bertz CT molecular complexity index is 770. The maximum Gasteiger partial charge on any atom is 0.254 e. The van der Waals surface area contributed by atoms with Gasteiger partial charge in [0.05, 0.1) is 22.6 Å². The zero-order chi connectivity index (χ0) is 18.7. The number of ether oxygens (including phenoxy) is 1. The van der Waals surface area contributed by atoms with E-state index in [-0.39, 0.29) is 29.1 Å². The highest BCUT2D eigenvalue weighted by molar-refractivity contribution is 6.37. The van der Waals surface area contributed by atoms with Crippen molar-refractivity contribution in [3.63, 3.8) is 0 Å². The van der Waals surface area contributed by atoms with Crippen LogP contribution in [-0.2, 0) is 4.79 Å². The first-order chi connectivity index (χ1) is 11.7. The molecule has 0 bridgehead atoms. The predicted octanol–water partition coefficient (Wildman–Crippen LogP) is 4.07. The molecule has 0 spiro atoms. The average Bonchev–Trinajstić information content (AvgIpc) is 2.48. The number of dihydropyridines is 1. The van der Waals surface area contributed by atoms with Crippen LogP contribution in [0.4, 0.5) is 0 Å². The van der Waals surface area contributed by atoms with Crippen molar-refractivity contribution in [2.75, 3.05) is 6.54 Å². The summed E-state index contributed by atoms with van der Waals surface area (Å²) in [5.41, 5.74) is 1.73. The molecule has 0 radical (unpaired) electrons. The summed E-state index contributed by atoms with van der Waals surface area (Å²) in [5.74, 6) is -0.817. The van der Waals surface area contributed by atoms with Crippen LogP contribution in [0.15, 0.2) is 28.8 Å². The molecule has 1 unspecified atom stereocenters. The molecule has 0 fully saturated rings. The number of carbonyl (C=O) groups excluding carboxylic acids is 2. The summed E-state index contributed by atoms with van der Waals surface area (Å²) in [6.07, 6.45) is 1.72. The van der Waals surface area contributed by atoms with E-state index in [1.54, 1.807) is 13.0 Å². The molecule has 1 heterocycles. The summed E-state index contributed by atoms with van der Waals surface area (Å²) >= 11 is 12.3. The van der Waals surface area contributed by atoms with Gasteiger partial charge in [-0.05, 0) is 39.8 Å². The van der Waals surface area contributed by atoms with E-state index in [1.165, 1.54) is 6.07 Å². The Morgan fingerprint density at radius 1 is 1.32 bits per heavy atom. The zero-order valence-electron chi connectivity index (χ0n) is 14.5. The van der Waals surface area contributed by atoms with Crippen LogP contribution in [0.3, 0.4) is 0 Å². The molecule has 0 aliphatic carbocycles. The van der Waals surface area contributed by atoms with E-state index in [4.69, 9.17) is 27.9 Å². The molecule has 2 amide bonds. The number of allylic oxidation sites excluding steroid dienone is 1. The van der Waals surface area contributed by atoms with Gasteiger partial charge < -0.3 is 10.1 Å². The van der Waals surface area contributed by atoms with Crippen molar-refractivity contribution in [1.29, 1.82) is 0 Å². The first-order valence-corrected chi connectivity index (χ1v) is 8.66. The van der Waals surface area contributed by atoms with E-state index >= 15 is 0 Å². The van der Waals surface area contributed by atoms with Crippen LogP contribution in [0.5, 0.6) is 5.75 Å². The maximum atomic E-state index is 12.5. The second kappa shape index (κ2) is 8.02. The normalized spacial score (nSPS) is 17.2. The summed E-state index contributed by atoms with van der Waals surface area (Å²) < 4.78 is 5.58. The Morgan fingerprint density at radius 2 is 2.00 bits per heavy atom. The molecule has 1 aromatic rings. The molecule has 7 heteroatoms. The minimum Gasteiger partial charge on any atom is -0.489 e. The highest BCUT2D eigenvalue weighted by Gasteiger charge is 2.25. The Labute approximate surface area is 157 Å². The van der Waals surface area contributed by atoms with Gasteiger partial charge in [0, 0.05) is 23.3 Å². The second-order valence-corrected chi connectivity index (χ2v) is 6.99. The number of benzene rings is 1. The Kier molecular flexibility index (Phi) is 6.25. The molecule has 5 nitrogen and oxygen atoms in total. The van der Waals surface area contributed by atoms with Gasteiger partial charge >= 0.3 is 0 Å². The molecule has 1 aliphatic heterocycles. The maximum absolute atomic E-state index is 12.5. The molecule has 134 valence electrons. The first kappa shape index (κ1) is 19.5. The number of amides is 2. The summed E-state index contributed by atoms with van der Waals surface area (Å²) in [6.45, 7) is 7.44. The van der Waals surface area contributed by atoms with Gasteiger partial charge in [0.25, 0.3) is 11.8 Å². The monoisotopic (exact) mass is 382 g/mol. The minimum atomic E-state index is -0.475. The third-order valence-electron chi connectivity index (χ3n) is 3.65. The smallest absolute Gasteiger partial charge is 0.254 e. The number of aliphatic imine (C=N–C) groups is 1. The van der Waals surface area contributed by atoms with Crippen molar-refractivity contribution in [1.82, 2.24) is 5.32 Å². The van der Waals surface area contributed by atoms with E-state index < -0.39 is 11.8 Å². The number of halogens is 2. The van der Waals surface area contributed by atoms with Gasteiger partial charge in [-0.25, -0.2) is 4.99 Å². The first-order valence-electron chi connectivity index (χ1n) is 7.90. The molecule has 1 aromatic carbocycles. The van der Waals surface area contributed by atoms with Gasteiger partial charge in [-0.2, -0.15) is 0 Å². The van der Waals surface area contributed by atoms with Crippen molar-refractivity contribution < 1.29 is 14.3 Å². The van der Waals surface area contributed by atoms with Crippen LogP contribution >= 0.6 is 23.2 Å². The lowest BCUT2D eigenvalue weighted by Crippen LogP contribution is -2.34. The summed E-state index contributed by atoms with van der Waals surface area (Å²) in [4.78, 5) is 28.4. The molecule has 25 heavy (non-hydrogen) atoms. The number of nitrogens with one attached hydrogen (secondary N) is 1. The van der Waals surface area contributed by atoms with Gasteiger partial charge in [-0.3, -0.25) is 9.59 Å². The topological polar surface area (TPSA) is 67.8 Å². The Balaban J connectivity index is 2.15. The number of nitrogens with zero attached hydrogens (tertiary/aromatic N) is 1. The predicted molar refractivity (Wildman–Crippen MR) is 99.9 cm³/mol. The fourth-order valence-corrected chi connectivity index (χ4v) is 2.96. The fourth-order valence-electron chi connectivity index (χ4n) is 2.52. The molecule has 1 aliphatic rings. The lowest BCUT2D eigenvalue weighted by molar-refractivity contribution is -0.120. The Morgan fingerprint density at radius 3 is 2.60 bits per heavy atom. The third kappa shape index (κ3) is 4.83. The SMILES string of the molecule is CC1=CC(C)=NC(=O)C1CNC(=O)c1cc(Cl)cc(OC(C)C)c1Cl. The molecule has 1 N–H and O–H groups in total.